The fourth-order valence-electron chi connectivity index (χ4n) is 3.82. The van der Waals surface area contributed by atoms with Gasteiger partial charge in [0.1, 0.15) is 12.4 Å². The fourth-order valence-corrected chi connectivity index (χ4v) is 3.82. The van der Waals surface area contributed by atoms with Crippen LogP contribution in [0, 0.1) is 5.41 Å². The monoisotopic (exact) mass is 348 g/mol. The van der Waals surface area contributed by atoms with Crippen LogP contribution in [0.5, 0.6) is 5.75 Å². The van der Waals surface area contributed by atoms with Crippen LogP contribution in [-0.4, -0.2) is 74.1 Å². The van der Waals surface area contributed by atoms with Crippen LogP contribution in [0.1, 0.15) is 25.3 Å². The van der Waals surface area contributed by atoms with Gasteiger partial charge in [-0.05, 0) is 25.5 Å². The second-order valence-corrected chi connectivity index (χ2v) is 7.69. The molecule has 2 saturated heterocycles. The lowest BCUT2D eigenvalue weighted by Crippen LogP contribution is -2.43. The standard InChI is InChI=1S/C20H32N2O3/c1-20(17-23)7-4-8-22(16-20)15-18-5-2-3-6-19(18)25-14-11-21-9-12-24-13-10-21/h2-3,5-6,23H,4,7-17H2,1H3/t20-/m0/s1. The SMILES string of the molecule is C[C@]1(CO)CCCN(Cc2ccccc2OCCN2CCOCC2)C1. The van der Waals surface area contributed by atoms with E-state index >= 15 is 0 Å². The molecule has 0 radical (unpaired) electrons. The minimum atomic E-state index is 0.0321. The van der Waals surface area contributed by atoms with Crippen molar-refractivity contribution in [3.63, 3.8) is 0 Å². The van der Waals surface area contributed by atoms with Crippen molar-refractivity contribution < 1.29 is 14.6 Å². The Balaban J connectivity index is 1.53. The summed E-state index contributed by atoms with van der Waals surface area (Å²) in [5.41, 5.74) is 1.27. The first kappa shape index (κ1) is 18.6. The molecule has 0 saturated carbocycles. The Bertz CT molecular complexity index is 533. The van der Waals surface area contributed by atoms with Crippen LogP contribution in [-0.2, 0) is 11.3 Å². The van der Waals surface area contributed by atoms with Gasteiger partial charge in [0.25, 0.3) is 0 Å². The average Bonchev–Trinajstić information content (AvgIpc) is 2.64. The van der Waals surface area contributed by atoms with E-state index in [-0.39, 0.29) is 12.0 Å². The van der Waals surface area contributed by atoms with Gasteiger partial charge in [-0.2, -0.15) is 0 Å². The van der Waals surface area contributed by atoms with E-state index < -0.39 is 0 Å². The number of para-hydroxylation sites is 1. The molecule has 140 valence electrons. The summed E-state index contributed by atoms with van der Waals surface area (Å²) >= 11 is 0. The molecule has 2 heterocycles. The zero-order chi connectivity index (χ0) is 17.5. The predicted molar refractivity (Wildman–Crippen MR) is 98.9 cm³/mol. The van der Waals surface area contributed by atoms with Crippen molar-refractivity contribution in [3.8, 4) is 5.75 Å². The number of nitrogens with zero attached hydrogens (tertiary/aromatic N) is 2. The lowest BCUT2D eigenvalue weighted by molar-refractivity contribution is 0.0318. The third-order valence-corrected chi connectivity index (χ3v) is 5.38. The minimum absolute atomic E-state index is 0.0321. The topological polar surface area (TPSA) is 45.2 Å². The van der Waals surface area contributed by atoms with Crippen molar-refractivity contribution in [2.24, 2.45) is 5.41 Å². The van der Waals surface area contributed by atoms with E-state index in [4.69, 9.17) is 9.47 Å². The molecule has 2 fully saturated rings. The zero-order valence-corrected chi connectivity index (χ0v) is 15.5. The molecule has 0 aromatic heterocycles. The Morgan fingerprint density at radius 3 is 2.76 bits per heavy atom. The first-order chi connectivity index (χ1) is 12.2. The Morgan fingerprint density at radius 1 is 1.16 bits per heavy atom. The molecule has 5 nitrogen and oxygen atoms in total. The number of benzene rings is 1. The summed E-state index contributed by atoms with van der Waals surface area (Å²) in [7, 11) is 0. The molecule has 3 rings (SSSR count). The number of hydrogen-bond acceptors (Lipinski definition) is 5. The summed E-state index contributed by atoms with van der Waals surface area (Å²) in [5, 5.41) is 9.66. The fraction of sp³-hybridized carbons (Fsp3) is 0.700. The van der Waals surface area contributed by atoms with Crippen LogP contribution in [0.15, 0.2) is 24.3 Å². The van der Waals surface area contributed by atoms with E-state index in [0.717, 1.165) is 71.1 Å². The number of piperidine rings is 1. The second-order valence-electron chi connectivity index (χ2n) is 7.69. The molecular formula is C20H32N2O3. The summed E-state index contributed by atoms with van der Waals surface area (Å²) in [4.78, 5) is 4.84. The molecule has 25 heavy (non-hydrogen) atoms. The number of morpholine rings is 1. The Labute approximate surface area is 151 Å². The van der Waals surface area contributed by atoms with Gasteiger partial charge in [0.05, 0.1) is 13.2 Å². The molecule has 1 N–H and O–H groups in total. The molecule has 1 aromatic rings. The molecule has 2 aliphatic rings. The molecule has 0 amide bonds. The van der Waals surface area contributed by atoms with Crippen LogP contribution in [0.3, 0.4) is 0 Å². The molecule has 0 aliphatic carbocycles. The van der Waals surface area contributed by atoms with Gasteiger partial charge in [-0.1, -0.05) is 25.1 Å². The largest absolute Gasteiger partial charge is 0.492 e. The third kappa shape index (κ3) is 5.42. The highest BCUT2D eigenvalue weighted by Gasteiger charge is 2.30. The van der Waals surface area contributed by atoms with Crippen LogP contribution < -0.4 is 4.74 Å². The zero-order valence-electron chi connectivity index (χ0n) is 15.5. The molecule has 1 atom stereocenters. The normalized spacial score (nSPS) is 25.8. The van der Waals surface area contributed by atoms with E-state index in [2.05, 4.69) is 34.9 Å². The van der Waals surface area contributed by atoms with Crippen LogP contribution in [0.2, 0.25) is 0 Å². The van der Waals surface area contributed by atoms with Crippen LogP contribution in [0.4, 0.5) is 0 Å². The summed E-state index contributed by atoms with van der Waals surface area (Å²) < 4.78 is 11.5. The number of ether oxygens (including phenoxy) is 2. The predicted octanol–water partition coefficient (Wildman–Crippen LogP) is 1.99. The highest BCUT2D eigenvalue weighted by molar-refractivity contribution is 5.33. The maximum absolute atomic E-state index is 9.66. The number of hydrogen-bond donors (Lipinski definition) is 1. The summed E-state index contributed by atoms with van der Waals surface area (Å²) in [5.74, 6) is 0.993. The molecule has 0 spiro atoms. The summed E-state index contributed by atoms with van der Waals surface area (Å²) in [6, 6.07) is 8.36. The molecule has 0 bridgehead atoms. The Morgan fingerprint density at radius 2 is 1.96 bits per heavy atom. The highest BCUT2D eigenvalue weighted by atomic mass is 16.5. The lowest BCUT2D eigenvalue weighted by Gasteiger charge is -2.39. The van der Waals surface area contributed by atoms with Crippen molar-refractivity contribution in [3.05, 3.63) is 29.8 Å². The smallest absolute Gasteiger partial charge is 0.123 e. The minimum Gasteiger partial charge on any atom is -0.492 e. The first-order valence-electron chi connectivity index (χ1n) is 9.53. The molecule has 1 aromatic carbocycles. The van der Waals surface area contributed by atoms with Gasteiger partial charge in [0.15, 0.2) is 0 Å². The van der Waals surface area contributed by atoms with Gasteiger partial charge in [-0.25, -0.2) is 0 Å². The lowest BCUT2D eigenvalue weighted by atomic mass is 9.82. The quantitative estimate of drug-likeness (QED) is 0.816. The van der Waals surface area contributed by atoms with Crippen molar-refractivity contribution in [1.29, 1.82) is 0 Å². The van der Waals surface area contributed by atoms with E-state index in [9.17, 15) is 5.11 Å². The second kappa shape index (κ2) is 8.99. The maximum atomic E-state index is 9.66. The van der Waals surface area contributed by atoms with Gasteiger partial charge >= 0.3 is 0 Å². The molecule has 0 unspecified atom stereocenters. The molecule has 2 aliphatic heterocycles. The first-order valence-corrected chi connectivity index (χ1v) is 9.53. The van der Waals surface area contributed by atoms with Crippen molar-refractivity contribution in [2.75, 3.05) is 59.2 Å². The van der Waals surface area contributed by atoms with Gasteiger partial charge < -0.3 is 14.6 Å². The number of likely N-dealkylation sites (tertiary alicyclic amines) is 1. The third-order valence-electron chi connectivity index (χ3n) is 5.38. The summed E-state index contributed by atoms with van der Waals surface area (Å²) in [6.07, 6.45) is 2.26. The van der Waals surface area contributed by atoms with E-state index in [0.29, 0.717) is 6.61 Å². The Kier molecular flexibility index (Phi) is 6.70. The molecule has 5 heteroatoms. The van der Waals surface area contributed by atoms with Crippen LogP contribution >= 0.6 is 0 Å². The van der Waals surface area contributed by atoms with E-state index in [1.165, 1.54) is 5.56 Å². The van der Waals surface area contributed by atoms with Crippen molar-refractivity contribution in [2.45, 2.75) is 26.3 Å². The van der Waals surface area contributed by atoms with Crippen molar-refractivity contribution >= 4 is 0 Å². The highest BCUT2D eigenvalue weighted by Crippen LogP contribution is 2.30. The summed E-state index contributed by atoms with van der Waals surface area (Å²) in [6.45, 7) is 10.7. The van der Waals surface area contributed by atoms with Crippen LogP contribution in [0.25, 0.3) is 0 Å². The van der Waals surface area contributed by atoms with Gasteiger partial charge in [-0.15, -0.1) is 0 Å². The van der Waals surface area contributed by atoms with Gasteiger partial charge in [0.2, 0.25) is 0 Å². The van der Waals surface area contributed by atoms with E-state index in [1.807, 2.05) is 6.07 Å². The van der Waals surface area contributed by atoms with Gasteiger partial charge in [0, 0.05) is 50.3 Å². The number of rotatable bonds is 7. The number of aliphatic hydroxyl groups is 1. The average molecular weight is 348 g/mol. The maximum Gasteiger partial charge on any atom is 0.123 e. The van der Waals surface area contributed by atoms with Gasteiger partial charge in [-0.3, -0.25) is 9.80 Å². The molecular weight excluding hydrogens is 316 g/mol. The number of aliphatic hydroxyl groups excluding tert-OH is 1. The van der Waals surface area contributed by atoms with E-state index in [1.54, 1.807) is 0 Å². The Hall–Kier alpha value is -1.14. The van der Waals surface area contributed by atoms with Crippen molar-refractivity contribution in [1.82, 2.24) is 9.80 Å².